The number of nitrogens with one attached hydrogen (secondary N) is 1. The number of hydrogen-bond donors (Lipinski definition) is 1. The van der Waals surface area contributed by atoms with E-state index in [4.69, 9.17) is 4.74 Å². The van der Waals surface area contributed by atoms with E-state index in [2.05, 4.69) is 46.1 Å². The van der Waals surface area contributed by atoms with Crippen molar-refractivity contribution in [2.24, 2.45) is 0 Å². The Morgan fingerprint density at radius 1 is 1.12 bits per heavy atom. The van der Waals surface area contributed by atoms with Gasteiger partial charge in [0, 0.05) is 28.9 Å². The number of methoxy groups -OCH3 is 1. The third-order valence-electron chi connectivity index (χ3n) is 5.01. The zero-order valence-electron chi connectivity index (χ0n) is 15.8. The molecule has 1 amide bonds. The van der Waals surface area contributed by atoms with E-state index in [1.807, 2.05) is 19.1 Å². The lowest BCUT2D eigenvalue weighted by Crippen LogP contribution is -2.22. The molecule has 1 aliphatic rings. The second kappa shape index (κ2) is 7.70. The predicted octanol–water partition coefficient (Wildman–Crippen LogP) is 5.24. The zero-order chi connectivity index (χ0) is 18.8. The van der Waals surface area contributed by atoms with Gasteiger partial charge in [-0.3, -0.25) is 4.79 Å². The van der Waals surface area contributed by atoms with Gasteiger partial charge in [-0.15, -0.1) is 0 Å². The van der Waals surface area contributed by atoms with Gasteiger partial charge in [0.25, 0.3) is 5.91 Å². The summed E-state index contributed by atoms with van der Waals surface area (Å²) < 4.78 is 6.00. The van der Waals surface area contributed by atoms with Gasteiger partial charge in [0.05, 0.1) is 12.7 Å². The van der Waals surface area contributed by atoms with Crippen LogP contribution in [0.2, 0.25) is 0 Å². The van der Waals surface area contributed by atoms with Gasteiger partial charge in [0.2, 0.25) is 0 Å². The van der Waals surface area contributed by atoms with Crippen molar-refractivity contribution >= 4 is 33.2 Å². The minimum absolute atomic E-state index is 0.141. The lowest BCUT2D eigenvalue weighted by Gasteiger charge is -2.26. The number of nitrogens with zero attached hydrogens (tertiary/aromatic N) is 1. The molecule has 26 heavy (non-hydrogen) atoms. The molecule has 1 aliphatic heterocycles. The van der Waals surface area contributed by atoms with E-state index in [0.29, 0.717) is 11.3 Å². The Kier molecular flexibility index (Phi) is 5.56. The highest BCUT2D eigenvalue weighted by Gasteiger charge is 2.21. The van der Waals surface area contributed by atoms with Crippen molar-refractivity contribution in [2.75, 3.05) is 30.4 Å². The zero-order valence-corrected chi connectivity index (χ0v) is 17.4. The number of benzene rings is 2. The maximum atomic E-state index is 12.9. The first-order valence-corrected chi connectivity index (χ1v) is 9.72. The Bertz CT molecular complexity index is 842. The first-order chi connectivity index (χ1) is 12.4. The monoisotopic (exact) mass is 416 g/mol. The molecule has 0 radical (unpaired) electrons. The predicted molar refractivity (Wildman–Crippen MR) is 111 cm³/mol. The summed E-state index contributed by atoms with van der Waals surface area (Å²) in [5.74, 6) is 0.520. The van der Waals surface area contributed by atoms with Gasteiger partial charge >= 0.3 is 0 Å². The van der Waals surface area contributed by atoms with Gasteiger partial charge in [-0.1, -0.05) is 6.07 Å². The number of carbonyl (C=O) groups excluding carboxylic acids is 1. The van der Waals surface area contributed by atoms with Crippen LogP contribution < -0.4 is 15.0 Å². The highest BCUT2D eigenvalue weighted by molar-refractivity contribution is 9.10. The molecule has 2 aromatic rings. The fourth-order valence-electron chi connectivity index (χ4n) is 3.78. The minimum Gasteiger partial charge on any atom is -0.497 e. The summed E-state index contributed by atoms with van der Waals surface area (Å²) in [4.78, 5) is 15.3. The van der Waals surface area contributed by atoms with Gasteiger partial charge in [-0.2, -0.15) is 0 Å². The van der Waals surface area contributed by atoms with Crippen LogP contribution in [0.4, 0.5) is 11.4 Å². The van der Waals surface area contributed by atoms with E-state index < -0.39 is 0 Å². The Labute approximate surface area is 163 Å². The Balaban J connectivity index is 1.97. The van der Waals surface area contributed by atoms with Crippen LogP contribution >= 0.6 is 15.9 Å². The molecule has 0 bridgehead atoms. The van der Waals surface area contributed by atoms with Crippen LogP contribution in [0.25, 0.3) is 0 Å². The van der Waals surface area contributed by atoms with Crippen LogP contribution in [0.5, 0.6) is 5.75 Å². The summed E-state index contributed by atoms with van der Waals surface area (Å²) in [7, 11) is 1.60. The number of anilines is 2. The van der Waals surface area contributed by atoms with E-state index in [9.17, 15) is 4.79 Å². The number of hydrogen-bond acceptors (Lipinski definition) is 3. The molecule has 2 aromatic carbocycles. The van der Waals surface area contributed by atoms with Gasteiger partial charge in [-0.25, -0.2) is 0 Å². The van der Waals surface area contributed by atoms with Crippen LogP contribution in [-0.4, -0.2) is 26.1 Å². The molecule has 1 saturated heterocycles. The van der Waals surface area contributed by atoms with E-state index in [-0.39, 0.29) is 5.91 Å². The van der Waals surface area contributed by atoms with Crippen molar-refractivity contribution in [2.45, 2.75) is 33.6 Å². The van der Waals surface area contributed by atoms with Gasteiger partial charge < -0.3 is 15.0 Å². The molecule has 0 aromatic heterocycles. The summed E-state index contributed by atoms with van der Waals surface area (Å²) >= 11 is 3.47. The molecule has 1 fully saturated rings. The number of amides is 1. The number of carbonyl (C=O) groups is 1. The van der Waals surface area contributed by atoms with Crippen molar-refractivity contribution in [3.05, 3.63) is 51.0 Å². The van der Waals surface area contributed by atoms with Crippen molar-refractivity contribution in [3.63, 3.8) is 0 Å². The molecule has 0 spiro atoms. The second-order valence-corrected chi connectivity index (χ2v) is 7.71. The highest BCUT2D eigenvalue weighted by Crippen LogP contribution is 2.36. The lowest BCUT2D eigenvalue weighted by molar-refractivity contribution is 0.102. The quantitative estimate of drug-likeness (QED) is 0.740. The summed E-state index contributed by atoms with van der Waals surface area (Å²) in [5, 5.41) is 3.13. The fourth-order valence-corrected chi connectivity index (χ4v) is 4.21. The fraction of sp³-hybridized carbons (Fsp3) is 0.381. The minimum atomic E-state index is -0.141. The number of rotatable bonds is 4. The normalized spacial score (nSPS) is 13.8. The maximum absolute atomic E-state index is 12.9. The summed E-state index contributed by atoms with van der Waals surface area (Å²) in [6.07, 6.45) is 2.45. The first kappa shape index (κ1) is 18.8. The largest absolute Gasteiger partial charge is 0.497 e. The van der Waals surface area contributed by atoms with Crippen LogP contribution in [-0.2, 0) is 0 Å². The first-order valence-electron chi connectivity index (χ1n) is 8.93. The molecule has 5 heteroatoms. The third kappa shape index (κ3) is 3.58. The molecule has 0 aliphatic carbocycles. The molecular weight excluding hydrogens is 392 g/mol. The average Bonchev–Trinajstić information content (AvgIpc) is 3.12. The number of halogens is 1. The van der Waals surface area contributed by atoms with Crippen LogP contribution in [0.15, 0.2) is 28.7 Å². The van der Waals surface area contributed by atoms with Crippen molar-refractivity contribution < 1.29 is 9.53 Å². The van der Waals surface area contributed by atoms with Gasteiger partial charge in [0.1, 0.15) is 5.75 Å². The SMILES string of the molecule is COc1ccc(Br)c(C(=O)Nc2c(C)cc(C)c(N3CCCC3)c2C)c1. The molecule has 0 saturated carbocycles. The van der Waals surface area contributed by atoms with Gasteiger partial charge in [0.15, 0.2) is 0 Å². The van der Waals surface area contributed by atoms with E-state index in [1.165, 1.54) is 24.1 Å². The topological polar surface area (TPSA) is 41.6 Å². The Hall–Kier alpha value is -2.01. The molecule has 3 rings (SSSR count). The summed E-state index contributed by atoms with van der Waals surface area (Å²) in [5.41, 5.74) is 6.20. The number of ether oxygens (including phenoxy) is 1. The van der Waals surface area contributed by atoms with E-state index in [1.54, 1.807) is 13.2 Å². The van der Waals surface area contributed by atoms with Crippen molar-refractivity contribution in [1.29, 1.82) is 0 Å². The van der Waals surface area contributed by atoms with Gasteiger partial charge in [-0.05, 0) is 84.4 Å². The Morgan fingerprint density at radius 2 is 1.81 bits per heavy atom. The molecule has 138 valence electrons. The van der Waals surface area contributed by atoms with Crippen LogP contribution in [0.1, 0.15) is 39.9 Å². The molecule has 0 unspecified atom stereocenters. The molecule has 4 nitrogen and oxygen atoms in total. The third-order valence-corrected chi connectivity index (χ3v) is 5.70. The number of aryl methyl sites for hydroxylation is 2. The average molecular weight is 417 g/mol. The van der Waals surface area contributed by atoms with Crippen molar-refractivity contribution in [1.82, 2.24) is 0 Å². The van der Waals surface area contributed by atoms with Crippen LogP contribution in [0.3, 0.4) is 0 Å². The molecule has 0 atom stereocenters. The summed E-state index contributed by atoms with van der Waals surface area (Å²) in [6.45, 7) is 8.46. The highest BCUT2D eigenvalue weighted by atomic mass is 79.9. The molecule has 1 N–H and O–H groups in total. The second-order valence-electron chi connectivity index (χ2n) is 6.85. The van der Waals surface area contributed by atoms with E-state index in [0.717, 1.165) is 34.4 Å². The Morgan fingerprint density at radius 3 is 2.46 bits per heavy atom. The molecule has 1 heterocycles. The van der Waals surface area contributed by atoms with Crippen molar-refractivity contribution in [3.8, 4) is 5.75 Å². The van der Waals surface area contributed by atoms with E-state index >= 15 is 0 Å². The summed E-state index contributed by atoms with van der Waals surface area (Å²) in [6, 6.07) is 7.57. The smallest absolute Gasteiger partial charge is 0.256 e. The maximum Gasteiger partial charge on any atom is 0.256 e. The lowest BCUT2D eigenvalue weighted by atomic mass is 10.0. The molecular formula is C21H25BrN2O2. The van der Waals surface area contributed by atoms with Crippen LogP contribution in [0, 0.1) is 20.8 Å². The standard InChI is InChI=1S/C21H25BrN2O2/c1-13-11-14(2)20(24-9-5-6-10-24)15(3)19(13)23-21(25)17-12-16(26-4)7-8-18(17)22/h7-8,11-12H,5-6,9-10H2,1-4H3,(H,23,25).